The van der Waals surface area contributed by atoms with Gasteiger partial charge in [-0.15, -0.1) is 0 Å². The molecular weight excluding hydrogens is 397 g/mol. The summed E-state index contributed by atoms with van der Waals surface area (Å²) in [6.07, 6.45) is -4.30. The van der Waals surface area contributed by atoms with Crippen molar-refractivity contribution >= 4 is 28.3 Å². The van der Waals surface area contributed by atoms with Gasteiger partial charge in [0, 0.05) is 6.42 Å². The number of fused-ring (bicyclic) bond motifs is 1. The quantitative estimate of drug-likeness (QED) is 0.353. The number of halogens is 4. The van der Waals surface area contributed by atoms with Crippen LogP contribution in [0.25, 0.3) is 10.8 Å². The Morgan fingerprint density at radius 2 is 1.64 bits per heavy atom. The molecule has 0 N–H and O–H groups in total. The Balaban J connectivity index is 1.82. The summed E-state index contributed by atoms with van der Waals surface area (Å²) in [7, 11) is 0. The lowest BCUT2D eigenvalue weighted by molar-refractivity contribution is -0.213. The molecular formula is C20H14ClF3O4. The lowest BCUT2D eigenvalue weighted by Gasteiger charge is -2.12. The topological polar surface area (TPSA) is 44.8 Å². The molecule has 0 unspecified atom stereocenters. The number of hydrogen-bond acceptors (Lipinski definition) is 4. The van der Waals surface area contributed by atoms with E-state index in [-0.39, 0.29) is 17.2 Å². The molecule has 0 saturated carbocycles. The second kappa shape index (κ2) is 7.98. The first-order valence-electron chi connectivity index (χ1n) is 8.22. The highest BCUT2D eigenvalue weighted by Crippen LogP contribution is 2.37. The molecule has 0 amide bonds. The minimum absolute atomic E-state index is 0.0956. The van der Waals surface area contributed by atoms with Crippen LogP contribution >= 0.6 is 11.6 Å². The van der Waals surface area contributed by atoms with Crippen molar-refractivity contribution in [2.75, 3.05) is 0 Å². The second-order valence-electron chi connectivity index (χ2n) is 5.81. The number of hydrogen-bond donors (Lipinski definition) is 0. The van der Waals surface area contributed by atoms with E-state index in [9.17, 15) is 18.0 Å². The van der Waals surface area contributed by atoms with E-state index in [0.717, 1.165) is 17.5 Å². The molecule has 3 rings (SSSR count). The largest absolute Gasteiger partial charge is 0.456 e. The monoisotopic (exact) mass is 410 g/mol. The van der Waals surface area contributed by atoms with Crippen molar-refractivity contribution in [1.82, 2.24) is 0 Å². The Bertz CT molecular complexity index is 1020. The van der Waals surface area contributed by atoms with Gasteiger partial charge in [-0.05, 0) is 53.2 Å². The number of carbonyl (C=O) groups is 1. The van der Waals surface area contributed by atoms with Crippen LogP contribution in [0.2, 0.25) is 5.02 Å². The van der Waals surface area contributed by atoms with Crippen LogP contribution in [-0.4, -0.2) is 5.97 Å². The van der Waals surface area contributed by atoms with E-state index >= 15 is 0 Å². The van der Waals surface area contributed by atoms with Gasteiger partial charge in [-0.3, -0.25) is 9.78 Å². The molecule has 28 heavy (non-hydrogen) atoms. The van der Waals surface area contributed by atoms with Crippen LogP contribution in [0.5, 0.6) is 17.2 Å². The van der Waals surface area contributed by atoms with E-state index in [1.165, 1.54) is 6.07 Å². The average molecular weight is 411 g/mol. The first-order valence-corrected chi connectivity index (χ1v) is 8.60. The summed E-state index contributed by atoms with van der Waals surface area (Å²) in [5.74, 6) is 0.281. The Hall–Kier alpha value is -2.93. The normalized spacial score (nSPS) is 11.3. The first kappa shape index (κ1) is 19.8. The molecule has 146 valence electrons. The van der Waals surface area contributed by atoms with Gasteiger partial charge >= 0.3 is 12.1 Å². The fourth-order valence-electron chi connectivity index (χ4n) is 2.36. The minimum Gasteiger partial charge on any atom is -0.456 e. The molecule has 3 aromatic rings. The summed E-state index contributed by atoms with van der Waals surface area (Å²) in [6, 6.07) is 13.0. The van der Waals surface area contributed by atoms with Gasteiger partial charge in [0.15, 0.2) is 5.75 Å². The number of rotatable bonds is 5. The van der Waals surface area contributed by atoms with Crippen molar-refractivity contribution in [3.05, 3.63) is 65.2 Å². The van der Waals surface area contributed by atoms with Crippen molar-refractivity contribution in [2.45, 2.75) is 19.5 Å². The van der Waals surface area contributed by atoms with Crippen molar-refractivity contribution in [1.29, 1.82) is 0 Å². The SMILES string of the molecule is CCC(=O)OOc1ccc2ccc(Oc3ccc(C(F)(F)F)cc3Cl)cc2c1. The van der Waals surface area contributed by atoms with Crippen LogP contribution in [0.1, 0.15) is 18.9 Å². The third-order valence-electron chi connectivity index (χ3n) is 3.79. The average Bonchev–Trinajstić information content (AvgIpc) is 2.66. The third-order valence-corrected chi connectivity index (χ3v) is 4.09. The van der Waals surface area contributed by atoms with Gasteiger partial charge in [0.2, 0.25) is 0 Å². The van der Waals surface area contributed by atoms with E-state index in [1.54, 1.807) is 43.3 Å². The maximum Gasteiger partial charge on any atom is 0.416 e. The number of alkyl halides is 3. The summed E-state index contributed by atoms with van der Waals surface area (Å²) in [6.45, 7) is 1.64. The van der Waals surface area contributed by atoms with E-state index in [1.807, 2.05) is 0 Å². The van der Waals surface area contributed by atoms with Gasteiger partial charge in [-0.1, -0.05) is 30.7 Å². The molecule has 4 nitrogen and oxygen atoms in total. The van der Waals surface area contributed by atoms with Crippen LogP contribution in [0.3, 0.4) is 0 Å². The zero-order valence-electron chi connectivity index (χ0n) is 14.5. The molecule has 0 bridgehead atoms. The zero-order chi connectivity index (χ0) is 20.3. The smallest absolute Gasteiger partial charge is 0.416 e. The van der Waals surface area contributed by atoms with Crippen molar-refractivity contribution in [3.8, 4) is 17.2 Å². The summed E-state index contributed by atoms with van der Waals surface area (Å²) in [5.41, 5.74) is -0.855. The molecule has 3 aromatic carbocycles. The summed E-state index contributed by atoms with van der Waals surface area (Å²) >= 11 is 5.92. The fourth-order valence-corrected chi connectivity index (χ4v) is 2.58. The molecule has 0 saturated heterocycles. The lowest BCUT2D eigenvalue weighted by atomic mass is 10.1. The predicted octanol–water partition coefficient (Wildman–Crippen LogP) is 6.55. The molecule has 0 fully saturated rings. The van der Waals surface area contributed by atoms with Gasteiger partial charge in [0.1, 0.15) is 11.5 Å². The van der Waals surface area contributed by atoms with Crippen LogP contribution in [0, 0.1) is 0 Å². The van der Waals surface area contributed by atoms with Gasteiger partial charge in [-0.25, -0.2) is 4.79 Å². The van der Waals surface area contributed by atoms with E-state index < -0.39 is 17.7 Å². The maximum absolute atomic E-state index is 12.7. The molecule has 0 aliphatic rings. The molecule has 0 radical (unpaired) electrons. The van der Waals surface area contributed by atoms with Crippen LogP contribution in [-0.2, 0) is 15.9 Å². The standard InChI is InChI=1S/C20H14ClF3O4/c1-2-19(25)28-27-16-7-4-12-3-6-15(9-13(12)10-16)26-18-8-5-14(11-17(18)21)20(22,23)24/h3-11H,2H2,1H3. The molecule has 8 heteroatoms. The van der Waals surface area contributed by atoms with Gasteiger partial charge < -0.3 is 4.74 Å². The zero-order valence-corrected chi connectivity index (χ0v) is 15.3. The molecule has 0 spiro atoms. The van der Waals surface area contributed by atoms with Gasteiger partial charge in [0.05, 0.1) is 10.6 Å². The van der Waals surface area contributed by atoms with E-state index in [2.05, 4.69) is 4.89 Å². The molecule has 0 atom stereocenters. The summed E-state index contributed by atoms with van der Waals surface area (Å²) in [5, 5.41) is 1.42. The highest BCUT2D eigenvalue weighted by molar-refractivity contribution is 6.32. The van der Waals surface area contributed by atoms with Crippen molar-refractivity contribution < 1.29 is 32.5 Å². The van der Waals surface area contributed by atoms with Crippen LogP contribution in [0.15, 0.2) is 54.6 Å². The Morgan fingerprint density at radius 1 is 0.964 bits per heavy atom. The lowest BCUT2D eigenvalue weighted by Crippen LogP contribution is -2.05. The third kappa shape index (κ3) is 4.67. The maximum atomic E-state index is 12.7. The Morgan fingerprint density at radius 3 is 2.29 bits per heavy atom. The van der Waals surface area contributed by atoms with Crippen LogP contribution in [0.4, 0.5) is 13.2 Å². The number of benzene rings is 3. The fraction of sp³-hybridized carbons (Fsp3) is 0.150. The molecule has 0 heterocycles. The Kier molecular flexibility index (Phi) is 5.65. The van der Waals surface area contributed by atoms with Gasteiger partial charge in [-0.2, -0.15) is 13.2 Å². The molecule has 0 aromatic heterocycles. The van der Waals surface area contributed by atoms with Crippen LogP contribution < -0.4 is 9.62 Å². The van der Waals surface area contributed by atoms with E-state index in [4.69, 9.17) is 21.2 Å². The van der Waals surface area contributed by atoms with Crippen molar-refractivity contribution in [3.63, 3.8) is 0 Å². The number of ether oxygens (including phenoxy) is 1. The van der Waals surface area contributed by atoms with E-state index in [0.29, 0.717) is 16.9 Å². The summed E-state index contributed by atoms with van der Waals surface area (Å²) in [4.78, 5) is 20.8. The molecule has 0 aliphatic heterocycles. The number of carbonyl (C=O) groups excluding carboxylic acids is 1. The van der Waals surface area contributed by atoms with Gasteiger partial charge in [0.25, 0.3) is 0 Å². The highest BCUT2D eigenvalue weighted by atomic mass is 35.5. The molecule has 0 aliphatic carbocycles. The highest BCUT2D eigenvalue weighted by Gasteiger charge is 2.31. The van der Waals surface area contributed by atoms with Crippen molar-refractivity contribution in [2.24, 2.45) is 0 Å². The summed E-state index contributed by atoms with van der Waals surface area (Å²) < 4.78 is 43.8. The first-order chi connectivity index (χ1) is 13.3. The predicted molar refractivity (Wildman–Crippen MR) is 97.5 cm³/mol. The Labute approximate surface area is 163 Å². The second-order valence-corrected chi connectivity index (χ2v) is 6.22. The minimum atomic E-state index is -4.48.